The third-order valence-corrected chi connectivity index (χ3v) is 3.77. The van der Waals surface area contributed by atoms with Gasteiger partial charge in [0.25, 0.3) is 0 Å². The smallest absolute Gasteiger partial charge is 0.358 e. The van der Waals surface area contributed by atoms with Crippen molar-refractivity contribution < 1.29 is 24.6 Å². The maximum atomic E-state index is 10.9. The molecule has 0 spiro atoms. The SMILES string of the molecule is O=C(O)/C(=N/O)c1ccc(OCCOc2ccc3ccccc3c2)cc1. The van der Waals surface area contributed by atoms with E-state index in [4.69, 9.17) is 19.8 Å². The first kappa shape index (κ1) is 17.3. The number of carbonyl (C=O) groups is 1. The number of ether oxygens (including phenoxy) is 2. The van der Waals surface area contributed by atoms with Crippen LogP contribution in [0.4, 0.5) is 0 Å². The van der Waals surface area contributed by atoms with Crippen molar-refractivity contribution in [3.8, 4) is 11.5 Å². The summed E-state index contributed by atoms with van der Waals surface area (Å²) in [5.74, 6) is 0.0383. The summed E-state index contributed by atoms with van der Waals surface area (Å²) in [6, 6.07) is 20.2. The number of oxime groups is 1. The summed E-state index contributed by atoms with van der Waals surface area (Å²) in [7, 11) is 0. The maximum absolute atomic E-state index is 10.9. The lowest BCUT2D eigenvalue weighted by Gasteiger charge is -2.09. The fourth-order valence-corrected chi connectivity index (χ4v) is 2.51. The molecular formula is C20H17NO5. The molecule has 3 rings (SSSR count). The molecule has 6 heteroatoms. The minimum Gasteiger partial charge on any atom is -0.490 e. The van der Waals surface area contributed by atoms with Crippen molar-refractivity contribution >= 4 is 22.5 Å². The highest BCUT2D eigenvalue weighted by Gasteiger charge is 2.12. The van der Waals surface area contributed by atoms with E-state index in [1.807, 2.05) is 42.5 Å². The lowest BCUT2D eigenvalue weighted by Crippen LogP contribution is -2.14. The molecule has 0 fully saturated rings. The number of carboxylic acid groups (broad SMARTS) is 1. The summed E-state index contributed by atoms with van der Waals surface area (Å²) < 4.78 is 11.3. The van der Waals surface area contributed by atoms with E-state index in [2.05, 4.69) is 5.16 Å². The first-order chi connectivity index (χ1) is 12.7. The Balaban J connectivity index is 1.52. The van der Waals surface area contributed by atoms with E-state index in [1.165, 1.54) is 12.1 Å². The highest BCUT2D eigenvalue weighted by molar-refractivity contribution is 6.42. The van der Waals surface area contributed by atoms with Gasteiger partial charge in [0.05, 0.1) is 0 Å². The molecule has 132 valence electrons. The van der Waals surface area contributed by atoms with Gasteiger partial charge in [-0.05, 0) is 47.2 Å². The second-order valence-electron chi connectivity index (χ2n) is 5.48. The van der Waals surface area contributed by atoms with Gasteiger partial charge in [-0.25, -0.2) is 4.79 Å². The van der Waals surface area contributed by atoms with E-state index in [0.29, 0.717) is 24.5 Å². The van der Waals surface area contributed by atoms with Crippen LogP contribution in [0.5, 0.6) is 11.5 Å². The Bertz CT molecular complexity index is 934. The Kier molecular flexibility index (Phi) is 5.34. The molecule has 0 saturated carbocycles. The fourth-order valence-electron chi connectivity index (χ4n) is 2.51. The molecule has 2 N–H and O–H groups in total. The third kappa shape index (κ3) is 4.10. The Labute approximate surface area is 149 Å². The van der Waals surface area contributed by atoms with Crippen LogP contribution in [0.1, 0.15) is 5.56 Å². The minimum absolute atomic E-state index is 0.291. The molecule has 0 aliphatic carbocycles. The number of hydrogen-bond donors (Lipinski definition) is 2. The van der Waals surface area contributed by atoms with Gasteiger partial charge in [0.2, 0.25) is 0 Å². The highest BCUT2D eigenvalue weighted by Crippen LogP contribution is 2.20. The van der Waals surface area contributed by atoms with E-state index in [0.717, 1.165) is 16.5 Å². The molecule has 3 aromatic carbocycles. The van der Waals surface area contributed by atoms with Crippen LogP contribution >= 0.6 is 0 Å². The number of nitrogens with zero attached hydrogens (tertiary/aromatic N) is 1. The molecule has 0 aliphatic rings. The summed E-state index contributed by atoms with van der Waals surface area (Å²) in [4.78, 5) is 10.9. The van der Waals surface area contributed by atoms with Gasteiger partial charge in [-0.1, -0.05) is 35.5 Å². The van der Waals surface area contributed by atoms with Crippen molar-refractivity contribution in [1.82, 2.24) is 0 Å². The van der Waals surface area contributed by atoms with E-state index in [-0.39, 0.29) is 0 Å². The monoisotopic (exact) mass is 351 g/mol. The van der Waals surface area contributed by atoms with Crippen LogP contribution in [0, 0.1) is 0 Å². The van der Waals surface area contributed by atoms with Gasteiger partial charge in [-0.2, -0.15) is 0 Å². The molecule has 0 aliphatic heterocycles. The van der Waals surface area contributed by atoms with Crippen molar-refractivity contribution in [3.05, 3.63) is 72.3 Å². The van der Waals surface area contributed by atoms with Gasteiger partial charge in [0.15, 0.2) is 5.71 Å². The zero-order valence-electron chi connectivity index (χ0n) is 13.8. The van der Waals surface area contributed by atoms with E-state index in [1.54, 1.807) is 12.1 Å². The molecule has 0 atom stereocenters. The van der Waals surface area contributed by atoms with Crippen LogP contribution in [0.2, 0.25) is 0 Å². The van der Waals surface area contributed by atoms with Crippen LogP contribution in [0.15, 0.2) is 71.9 Å². The molecule has 0 aromatic heterocycles. The topological polar surface area (TPSA) is 88.4 Å². The van der Waals surface area contributed by atoms with Gasteiger partial charge in [-0.3, -0.25) is 0 Å². The van der Waals surface area contributed by atoms with Gasteiger partial charge in [0, 0.05) is 5.56 Å². The number of rotatable bonds is 7. The highest BCUT2D eigenvalue weighted by atomic mass is 16.5. The van der Waals surface area contributed by atoms with Gasteiger partial charge in [0.1, 0.15) is 24.7 Å². The van der Waals surface area contributed by atoms with Crippen LogP contribution < -0.4 is 9.47 Å². The van der Waals surface area contributed by atoms with Crippen molar-refractivity contribution in [2.75, 3.05) is 13.2 Å². The number of benzene rings is 3. The lowest BCUT2D eigenvalue weighted by molar-refractivity contribution is -0.129. The van der Waals surface area contributed by atoms with Gasteiger partial charge >= 0.3 is 5.97 Å². The molecule has 0 heterocycles. The van der Waals surface area contributed by atoms with E-state index < -0.39 is 11.7 Å². The molecule has 0 unspecified atom stereocenters. The average Bonchev–Trinajstić information content (AvgIpc) is 2.66. The second-order valence-corrected chi connectivity index (χ2v) is 5.48. The molecule has 0 bridgehead atoms. The summed E-state index contributed by atoms with van der Waals surface area (Å²) in [5.41, 5.74) is -0.129. The van der Waals surface area contributed by atoms with E-state index >= 15 is 0 Å². The average molecular weight is 351 g/mol. The van der Waals surface area contributed by atoms with Gasteiger partial charge < -0.3 is 19.8 Å². The molecule has 0 amide bonds. The number of hydrogen-bond acceptors (Lipinski definition) is 5. The van der Waals surface area contributed by atoms with Crippen LogP contribution in [-0.2, 0) is 4.79 Å². The van der Waals surface area contributed by atoms with Crippen LogP contribution in [-0.4, -0.2) is 35.2 Å². The third-order valence-electron chi connectivity index (χ3n) is 3.77. The zero-order valence-corrected chi connectivity index (χ0v) is 13.8. The Morgan fingerprint density at radius 1 is 0.846 bits per heavy atom. The largest absolute Gasteiger partial charge is 0.490 e. The second kappa shape index (κ2) is 8.02. The van der Waals surface area contributed by atoms with Crippen molar-refractivity contribution in [1.29, 1.82) is 0 Å². The molecule has 3 aromatic rings. The number of aliphatic carboxylic acids is 1. The fraction of sp³-hybridized carbons (Fsp3) is 0.100. The maximum Gasteiger partial charge on any atom is 0.358 e. The van der Waals surface area contributed by atoms with Crippen molar-refractivity contribution in [2.45, 2.75) is 0 Å². The zero-order chi connectivity index (χ0) is 18.4. The molecule has 0 saturated heterocycles. The number of carboxylic acids is 1. The summed E-state index contributed by atoms with van der Waals surface area (Å²) in [5, 5.41) is 22.7. The Morgan fingerprint density at radius 2 is 1.46 bits per heavy atom. The van der Waals surface area contributed by atoms with Gasteiger partial charge in [-0.15, -0.1) is 0 Å². The van der Waals surface area contributed by atoms with E-state index in [9.17, 15) is 4.79 Å². The molecule has 26 heavy (non-hydrogen) atoms. The first-order valence-corrected chi connectivity index (χ1v) is 7.97. The van der Waals surface area contributed by atoms with Crippen molar-refractivity contribution in [3.63, 3.8) is 0 Å². The van der Waals surface area contributed by atoms with Crippen molar-refractivity contribution in [2.24, 2.45) is 5.16 Å². The predicted octanol–water partition coefficient (Wildman–Crippen LogP) is 3.56. The Hall–Kier alpha value is -3.54. The van der Waals surface area contributed by atoms with Crippen LogP contribution in [0.25, 0.3) is 10.8 Å². The summed E-state index contributed by atoms with van der Waals surface area (Å²) in [6.07, 6.45) is 0. The minimum atomic E-state index is -1.30. The lowest BCUT2D eigenvalue weighted by atomic mass is 10.1. The summed E-state index contributed by atoms with van der Waals surface area (Å²) in [6.45, 7) is 0.713. The normalized spacial score (nSPS) is 11.3. The Morgan fingerprint density at radius 3 is 2.12 bits per heavy atom. The number of fused-ring (bicyclic) bond motifs is 1. The quantitative estimate of drug-likeness (QED) is 0.294. The summed E-state index contributed by atoms with van der Waals surface area (Å²) >= 11 is 0. The molecular weight excluding hydrogens is 334 g/mol. The van der Waals surface area contributed by atoms with Crippen LogP contribution in [0.3, 0.4) is 0 Å². The first-order valence-electron chi connectivity index (χ1n) is 7.97. The molecule has 0 radical (unpaired) electrons. The molecule has 6 nitrogen and oxygen atoms in total. The standard InChI is InChI=1S/C20H17NO5/c22-20(23)19(21-24)15-6-8-17(9-7-15)25-11-12-26-18-10-5-14-3-1-2-4-16(14)13-18/h1-10,13,24H,11-12H2,(H,22,23)/b21-19+. The predicted molar refractivity (Wildman–Crippen MR) is 97.3 cm³/mol.